The molecular weight excluding hydrogens is 410 g/mol. The zero-order chi connectivity index (χ0) is 23.0. The first-order valence-electron chi connectivity index (χ1n) is 11.1. The number of hydrogen-bond donors (Lipinski definition) is 1. The van der Waals surface area contributed by atoms with E-state index in [1.54, 1.807) is 6.08 Å². The number of rotatable bonds is 9. The molecule has 0 saturated heterocycles. The molecule has 4 heteroatoms. The van der Waals surface area contributed by atoms with Crippen LogP contribution in [0.4, 0.5) is 0 Å². The lowest BCUT2D eigenvalue weighted by molar-refractivity contribution is -0.123. The van der Waals surface area contributed by atoms with E-state index in [1.807, 2.05) is 72.8 Å². The molecule has 0 radical (unpaired) electrons. The van der Waals surface area contributed by atoms with Gasteiger partial charge in [0.05, 0.1) is 5.57 Å². The lowest BCUT2D eigenvalue weighted by Crippen LogP contribution is -2.21. The summed E-state index contributed by atoms with van der Waals surface area (Å²) in [4.78, 5) is 35.2. The van der Waals surface area contributed by atoms with Crippen LogP contribution < -0.4 is 5.32 Å². The molecule has 0 aromatic heterocycles. The Bertz CT molecular complexity index is 1200. The van der Waals surface area contributed by atoms with Crippen LogP contribution >= 0.6 is 0 Å². The van der Waals surface area contributed by atoms with Crippen LogP contribution in [0.25, 0.3) is 11.6 Å². The summed E-state index contributed by atoms with van der Waals surface area (Å²) >= 11 is 0. The SMILES string of the molecule is O=C1C=C(c2ccc(CCCCc3ccc(C=CC(=O)c4ccccc4)cc3)cc2)C(=O)N1. The highest BCUT2D eigenvalue weighted by atomic mass is 16.2. The molecule has 164 valence electrons. The first kappa shape index (κ1) is 22.2. The molecule has 0 unspecified atom stereocenters. The van der Waals surface area contributed by atoms with Gasteiger partial charge in [0, 0.05) is 11.6 Å². The van der Waals surface area contributed by atoms with Gasteiger partial charge in [0.15, 0.2) is 5.78 Å². The average molecular weight is 436 g/mol. The molecule has 1 N–H and O–H groups in total. The van der Waals surface area contributed by atoms with Crippen molar-refractivity contribution in [3.05, 3.63) is 119 Å². The zero-order valence-corrected chi connectivity index (χ0v) is 18.3. The molecule has 4 nitrogen and oxygen atoms in total. The Labute approximate surface area is 193 Å². The highest BCUT2D eigenvalue weighted by Crippen LogP contribution is 2.19. The maximum atomic E-state index is 12.2. The maximum Gasteiger partial charge on any atom is 0.258 e. The molecule has 0 spiro atoms. The van der Waals surface area contributed by atoms with Gasteiger partial charge in [-0.15, -0.1) is 0 Å². The second-order valence-corrected chi connectivity index (χ2v) is 8.09. The lowest BCUT2D eigenvalue weighted by Gasteiger charge is -2.05. The molecule has 0 saturated carbocycles. The van der Waals surface area contributed by atoms with Crippen molar-refractivity contribution < 1.29 is 14.4 Å². The Morgan fingerprint density at radius 1 is 0.758 bits per heavy atom. The van der Waals surface area contributed by atoms with Crippen molar-refractivity contribution in [2.45, 2.75) is 25.7 Å². The van der Waals surface area contributed by atoms with E-state index in [4.69, 9.17) is 0 Å². The Morgan fingerprint density at radius 2 is 1.36 bits per heavy atom. The number of ketones is 1. The zero-order valence-electron chi connectivity index (χ0n) is 18.3. The van der Waals surface area contributed by atoms with Crippen molar-refractivity contribution in [1.29, 1.82) is 0 Å². The van der Waals surface area contributed by atoms with Gasteiger partial charge < -0.3 is 0 Å². The van der Waals surface area contributed by atoms with Crippen LogP contribution in [0.15, 0.2) is 91.0 Å². The number of hydrogen-bond acceptors (Lipinski definition) is 3. The molecule has 1 heterocycles. The van der Waals surface area contributed by atoms with Crippen molar-refractivity contribution >= 4 is 29.2 Å². The number of imide groups is 1. The first-order chi connectivity index (χ1) is 16.1. The Balaban J connectivity index is 1.22. The summed E-state index contributed by atoms with van der Waals surface area (Å²) in [6, 6.07) is 25.4. The molecule has 0 fully saturated rings. The highest BCUT2D eigenvalue weighted by molar-refractivity contribution is 6.33. The van der Waals surface area contributed by atoms with Crippen molar-refractivity contribution in [1.82, 2.24) is 5.32 Å². The minimum Gasteiger partial charge on any atom is -0.289 e. The molecule has 4 rings (SSSR count). The first-order valence-corrected chi connectivity index (χ1v) is 11.1. The largest absolute Gasteiger partial charge is 0.289 e. The molecule has 2 amide bonds. The fraction of sp³-hybridized carbons (Fsp3) is 0.138. The minimum atomic E-state index is -0.358. The predicted octanol–water partition coefficient (Wildman–Crippen LogP) is 5.19. The van der Waals surface area contributed by atoms with Gasteiger partial charge in [-0.1, -0.05) is 84.9 Å². The van der Waals surface area contributed by atoms with Gasteiger partial charge in [-0.05, 0) is 54.0 Å². The van der Waals surface area contributed by atoms with Gasteiger partial charge in [0.1, 0.15) is 0 Å². The van der Waals surface area contributed by atoms with E-state index in [-0.39, 0.29) is 17.6 Å². The van der Waals surface area contributed by atoms with Crippen molar-refractivity contribution in [2.24, 2.45) is 0 Å². The average Bonchev–Trinajstić information content (AvgIpc) is 3.19. The molecule has 1 aliphatic rings. The van der Waals surface area contributed by atoms with E-state index in [0.29, 0.717) is 11.1 Å². The van der Waals surface area contributed by atoms with Crippen molar-refractivity contribution in [2.75, 3.05) is 0 Å². The molecule has 0 aliphatic carbocycles. The van der Waals surface area contributed by atoms with E-state index < -0.39 is 0 Å². The van der Waals surface area contributed by atoms with E-state index >= 15 is 0 Å². The van der Waals surface area contributed by atoms with E-state index in [2.05, 4.69) is 17.4 Å². The van der Waals surface area contributed by atoms with Gasteiger partial charge in [0.2, 0.25) is 0 Å². The number of carbonyl (C=O) groups is 3. The van der Waals surface area contributed by atoms with E-state index in [9.17, 15) is 14.4 Å². The van der Waals surface area contributed by atoms with Gasteiger partial charge >= 0.3 is 0 Å². The summed E-state index contributed by atoms with van der Waals surface area (Å²) in [7, 11) is 0. The monoisotopic (exact) mass is 435 g/mol. The standard InChI is InChI=1S/C29H25NO3/c31-27(25-8-2-1-3-9-25)19-16-23-12-10-21(11-13-23)6-4-5-7-22-14-17-24(18-15-22)26-20-28(32)30-29(26)33/h1-3,8-20H,4-7H2,(H,30,32,33). The molecule has 0 bridgehead atoms. The molecule has 3 aromatic carbocycles. The van der Waals surface area contributed by atoms with Crippen LogP contribution in [0.1, 0.15) is 45.5 Å². The third-order valence-electron chi connectivity index (χ3n) is 5.67. The summed E-state index contributed by atoms with van der Waals surface area (Å²) in [5.74, 6) is -0.690. The van der Waals surface area contributed by atoms with Crippen LogP contribution in [0.3, 0.4) is 0 Å². The van der Waals surface area contributed by atoms with Gasteiger partial charge in [-0.2, -0.15) is 0 Å². The number of amides is 2. The molecule has 3 aromatic rings. The van der Waals surface area contributed by atoms with Gasteiger partial charge in [0.25, 0.3) is 11.8 Å². The molecule has 33 heavy (non-hydrogen) atoms. The second-order valence-electron chi connectivity index (χ2n) is 8.09. The number of aryl methyl sites for hydroxylation is 2. The quantitative estimate of drug-likeness (QED) is 0.218. The summed E-state index contributed by atoms with van der Waals surface area (Å²) in [6.45, 7) is 0. The summed E-state index contributed by atoms with van der Waals surface area (Å²) in [6.07, 6.45) is 8.92. The molecular formula is C29H25NO3. The number of carbonyl (C=O) groups excluding carboxylic acids is 3. The fourth-order valence-electron chi connectivity index (χ4n) is 3.80. The van der Waals surface area contributed by atoms with Gasteiger partial charge in [-0.25, -0.2) is 0 Å². The number of nitrogens with one attached hydrogen (secondary N) is 1. The number of benzene rings is 3. The predicted molar refractivity (Wildman–Crippen MR) is 130 cm³/mol. The number of unbranched alkanes of at least 4 members (excludes halogenated alkanes) is 1. The summed E-state index contributed by atoms with van der Waals surface area (Å²) in [5, 5.41) is 2.27. The second kappa shape index (κ2) is 10.5. The minimum absolute atomic E-state index is 0.00410. The fourth-order valence-corrected chi connectivity index (χ4v) is 3.80. The lowest BCUT2D eigenvalue weighted by atomic mass is 10.00. The van der Waals surface area contributed by atoms with Crippen molar-refractivity contribution in [3.63, 3.8) is 0 Å². The molecule has 0 atom stereocenters. The van der Waals surface area contributed by atoms with Crippen LogP contribution in [-0.4, -0.2) is 17.6 Å². The van der Waals surface area contributed by atoms with E-state index in [0.717, 1.165) is 36.8 Å². The molecule has 1 aliphatic heterocycles. The summed E-state index contributed by atoms with van der Waals surface area (Å²) < 4.78 is 0. The Hall–Kier alpha value is -4.05. The third kappa shape index (κ3) is 6.01. The normalized spacial score (nSPS) is 13.3. The third-order valence-corrected chi connectivity index (χ3v) is 5.67. The Morgan fingerprint density at radius 3 is 1.94 bits per heavy atom. The van der Waals surface area contributed by atoms with Crippen LogP contribution in [-0.2, 0) is 22.4 Å². The highest BCUT2D eigenvalue weighted by Gasteiger charge is 2.21. The maximum absolute atomic E-state index is 12.2. The van der Waals surface area contributed by atoms with Gasteiger partial charge in [-0.3, -0.25) is 19.7 Å². The van der Waals surface area contributed by atoms with Crippen LogP contribution in [0, 0.1) is 0 Å². The van der Waals surface area contributed by atoms with Crippen LogP contribution in [0.2, 0.25) is 0 Å². The van der Waals surface area contributed by atoms with Crippen molar-refractivity contribution in [3.8, 4) is 0 Å². The topological polar surface area (TPSA) is 63.2 Å². The van der Waals surface area contributed by atoms with Crippen LogP contribution in [0.5, 0.6) is 0 Å². The Kier molecular flexibility index (Phi) is 7.06. The number of allylic oxidation sites excluding steroid dienone is 1. The summed E-state index contributed by atoms with van der Waals surface area (Å²) in [5.41, 5.74) is 5.39. The smallest absolute Gasteiger partial charge is 0.258 e. The van der Waals surface area contributed by atoms with E-state index in [1.165, 1.54) is 17.2 Å².